The largest absolute Gasteiger partial charge is 0.305 e. The predicted molar refractivity (Wildman–Crippen MR) is 186 cm³/mol. The fraction of sp³-hybridized carbons (Fsp3) is 0.132. The van der Waals surface area contributed by atoms with Crippen LogP contribution in [-0.4, -0.2) is 23.0 Å². The van der Waals surface area contributed by atoms with Crippen LogP contribution >= 0.6 is 11.3 Å². The molecule has 227 valence electrons. The van der Waals surface area contributed by atoms with E-state index in [1.807, 2.05) is 48.7 Å². The number of benzene rings is 3. The van der Waals surface area contributed by atoms with Gasteiger partial charge in [-0.25, -0.2) is 4.98 Å². The summed E-state index contributed by atoms with van der Waals surface area (Å²) in [6.45, 7) is 2.27. The average molecular weight is 808 g/mol. The first-order valence-corrected chi connectivity index (χ1v) is 18.4. The minimum absolute atomic E-state index is 0. The molecule has 0 spiro atoms. The molecule has 0 bridgehead atoms. The Balaban J connectivity index is 0.000000237. The van der Waals surface area contributed by atoms with Crippen molar-refractivity contribution in [1.29, 1.82) is 0 Å². The molecular weight excluding hydrogens is 770 g/mol. The minimum Gasteiger partial charge on any atom is -0.305 e. The van der Waals surface area contributed by atoms with Crippen molar-refractivity contribution in [3.05, 3.63) is 133 Å². The number of rotatable bonds is 4. The molecule has 3 aromatic carbocycles. The molecule has 0 saturated heterocycles. The van der Waals surface area contributed by atoms with Gasteiger partial charge >= 0.3 is 0 Å². The van der Waals surface area contributed by atoms with Gasteiger partial charge in [0.05, 0.1) is 8.07 Å². The molecule has 7 heteroatoms. The third-order valence-corrected chi connectivity index (χ3v) is 10.4. The van der Waals surface area contributed by atoms with Crippen molar-refractivity contribution in [3.63, 3.8) is 0 Å². The van der Waals surface area contributed by atoms with E-state index in [9.17, 15) is 4.39 Å². The molecule has 0 aliphatic rings. The Labute approximate surface area is 291 Å². The van der Waals surface area contributed by atoms with Gasteiger partial charge in [0.2, 0.25) is 0 Å². The molecule has 45 heavy (non-hydrogen) atoms. The summed E-state index contributed by atoms with van der Waals surface area (Å²) in [4.78, 5) is 13.9. The monoisotopic (exact) mass is 808 g/mol. The molecule has 0 unspecified atom stereocenters. The second-order valence-corrected chi connectivity index (χ2v) is 17.4. The van der Waals surface area contributed by atoms with Crippen LogP contribution in [0.5, 0.6) is 0 Å². The fourth-order valence-electron chi connectivity index (χ4n) is 4.82. The molecule has 1 radical (unpaired) electrons. The maximum atomic E-state index is 12.8. The molecule has 7 aromatic rings. The predicted octanol–water partition coefficient (Wildman–Crippen LogP) is 9.83. The SMILES string of the molecule is C[Si](C)(C)c1ccc(-c2[c-]cc(F)cc2)nc1.[2H]C([2H])([2H])c1ccc2c(n1)sc1c(-c3cc(-c4ccccc4)c(C([2H])([2H])[2H])cn3)[c-]ccc12.[Ir]. The number of fused-ring (bicyclic) bond motifs is 3. The molecule has 0 aliphatic carbocycles. The van der Waals surface area contributed by atoms with Crippen molar-refractivity contribution < 1.29 is 32.7 Å². The summed E-state index contributed by atoms with van der Waals surface area (Å²) < 4.78 is 60.4. The molecule has 4 heterocycles. The van der Waals surface area contributed by atoms with Crippen LogP contribution in [0.4, 0.5) is 4.39 Å². The van der Waals surface area contributed by atoms with E-state index in [0.717, 1.165) is 37.9 Å². The first-order valence-electron chi connectivity index (χ1n) is 17.0. The quantitative estimate of drug-likeness (QED) is 0.131. The Morgan fingerprint density at radius 1 is 0.822 bits per heavy atom. The first-order chi connectivity index (χ1) is 23.6. The summed E-state index contributed by atoms with van der Waals surface area (Å²) in [5.41, 5.74) is 4.61. The summed E-state index contributed by atoms with van der Waals surface area (Å²) >= 11 is 1.38. The second-order valence-electron chi connectivity index (χ2n) is 11.3. The Kier molecular flexibility index (Phi) is 7.67. The first kappa shape index (κ1) is 25.3. The van der Waals surface area contributed by atoms with Crippen molar-refractivity contribution in [2.45, 2.75) is 33.3 Å². The van der Waals surface area contributed by atoms with E-state index >= 15 is 0 Å². The van der Waals surface area contributed by atoms with Gasteiger partial charge in [0, 0.05) is 52.2 Å². The Morgan fingerprint density at radius 3 is 2.33 bits per heavy atom. The number of aryl methyl sites for hydroxylation is 2. The van der Waals surface area contributed by atoms with Crippen LogP contribution < -0.4 is 5.19 Å². The topological polar surface area (TPSA) is 38.7 Å². The number of nitrogens with zero attached hydrogens (tertiary/aromatic N) is 3. The number of hydrogen-bond donors (Lipinski definition) is 0. The van der Waals surface area contributed by atoms with Crippen LogP contribution in [0.3, 0.4) is 0 Å². The Hall–Kier alpha value is -3.87. The fourth-order valence-corrected chi connectivity index (χ4v) is 7.04. The van der Waals surface area contributed by atoms with Crippen LogP contribution in [-0.2, 0) is 20.1 Å². The summed E-state index contributed by atoms with van der Waals surface area (Å²) in [5.74, 6) is -0.271. The second kappa shape index (κ2) is 13.6. The summed E-state index contributed by atoms with van der Waals surface area (Å²) in [5, 5.41) is 3.11. The van der Waals surface area contributed by atoms with Crippen molar-refractivity contribution in [3.8, 4) is 33.6 Å². The van der Waals surface area contributed by atoms with Crippen LogP contribution in [0, 0.1) is 31.7 Å². The van der Waals surface area contributed by atoms with Gasteiger partial charge in [-0.2, -0.15) is 11.3 Å². The minimum atomic E-state index is -2.31. The Morgan fingerprint density at radius 2 is 1.64 bits per heavy atom. The standard InChI is InChI=1S/C24H17N2S.C14H15FNSi.Ir/c1-15-14-25-22(13-21(15)17-7-4-3-5-8-17)20-10-6-9-18-19-12-11-16(2)26-24(19)27-23(18)20;1-17(2,3)13-8-9-14(16-10-13)11-4-6-12(15)7-5-11;/h3-9,11-14H,1-2H3;4,6-10H,1-3H3;/q2*-1;/i1D3,2D3;;. The maximum absolute atomic E-state index is 12.8. The van der Waals surface area contributed by atoms with Crippen LogP contribution in [0.1, 0.15) is 19.5 Å². The van der Waals surface area contributed by atoms with Gasteiger partial charge in [0.25, 0.3) is 0 Å². The zero-order chi connectivity index (χ0) is 35.8. The van der Waals surface area contributed by atoms with Gasteiger partial charge in [-0.3, -0.25) is 4.39 Å². The molecule has 0 amide bonds. The van der Waals surface area contributed by atoms with Crippen LogP contribution in [0.2, 0.25) is 19.6 Å². The van der Waals surface area contributed by atoms with E-state index in [2.05, 4.69) is 52.8 Å². The molecule has 7 rings (SSSR count). The van der Waals surface area contributed by atoms with Gasteiger partial charge < -0.3 is 9.97 Å². The summed E-state index contributed by atoms with van der Waals surface area (Å²) in [6.07, 6.45) is 3.34. The molecule has 0 N–H and O–H groups in total. The van der Waals surface area contributed by atoms with Gasteiger partial charge in [0.15, 0.2) is 0 Å². The normalized spacial score (nSPS) is 13.7. The molecule has 3 nitrogen and oxygen atoms in total. The molecule has 4 aromatic heterocycles. The number of pyridine rings is 3. The number of aromatic nitrogens is 3. The van der Waals surface area contributed by atoms with Gasteiger partial charge in [0.1, 0.15) is 4.83 Å². The number of hydrogen-bond acceptors (Lipinski definition) is 4. The molecule has 0 atom stereocenters. The van der Waals surface area contributed by atoms with E-state index in [0.29, 0.717) is 16.1 Å². The van der Waals surface area contributed by atoms with Gasteiger partial charge in [-0.1, -0.05) is 79.6 Å². The van der Waals surface area contributed by atoms with E-state index in [4.69, 9.17) is 8.22 Å². The van der Waals surface area contributed by atoms with E-state index in [1.54, 1.807) is 24.3 Å². The van der Waals surface area contributed by atoms with Crippen molar-refractivity contribution in [1.82, 2.24) is 15.0 Å². The van der Waals surface area contributed by atoms with Gasteiger partial charge in [-0.15, -0.1) is 53.6 Å². The summed E-state index contributed by atoms with van der Waals surface area (Å²) in [6, 6.07) is 32.9. The molecular formula is C38H32FIrN3SSi-2. The third kappa shape index (κ3) is 7.18. The summed E-state index contributed by atoms with van der Waals surface area (Å²) in [7, 11) is -1.30. The smallest absolute Gasteiger partial charge is 0.113 e. The number of halogens is 1. The van der Waals surface area contributed by atoms with E-state index < -0.39 is 21.8 Å². The Bertz CT molecular complexity index is 2290. The zero-order valence-corrected chi connectivity index (χ0v) is 29.0. The number of thiophene rings is 1. The van der Waals surface area contributed by atoms with Gasteiger partial charge in [-0.05, 0) is 63.1 Å². The van der Waals surface area contributed by atoms with Crippen molar-refractivity contribution >= 4 is 44.9 Å². The van der Waals surface area contributed by atoms with Crippen molar-refractivity contribution in [2.24, 2.45) is 0 Å². The zero-order valence-electron chi connectivity index (χ0n) is 30.8. The molecule has 0 aliphatic heterocycles. The van der Waals surface area contributed by atoms with Crippen molar-refractivity contribution in [2.75, 3.05) is 0 Å². The van der Waals surface area contributed by atoms with Crippen LogP contribution in [0.15, 0.2) is 103 Å². The molecule has 0 saturated carbocycles. The average Bonchev–Trinajstić information content (AvgIpc) is 3.46. The van der Waals surface area contributed by atoms with Crippen LogP contribution in [0.25, 0.3) is 53.9 Å². The third-order valence-electron chi connectivity index (χ3n) is 7.22. The maximum Gasteiger partial charge on any atom is 0.113 e. The van der Waals surface area contributed by atoms with E-state index in [1.165, 1.54) is 40.9 Å². The molecule has 0 fully saturated rings. The van der Waals surface area contributed by atoms with E-state index in [-0.39, 0.29) is 37.2 Å².